The number of esters is 1. The summed E-state index contributed by atoms with van der Waals surface area (Å²) in [6, 6.07) is 4.64. The molecule has 0 heterocycles. The van der Waals surface area contributed by atoms with Crippen LogP contribution in [-0.4, -0.2) is 18.2 Å². The zero-order valence-electron chi connectivity index (χ0n) is 7.91. The number of hydrogen-bond acceptors (Lipinski definition) is 3. The van der Waals surface area contributed by atoms with Crippen LogP contribution in [0.25, 0.3) is 0 Å². The molecule has 0 saturated heterocycles. The largest absolute Gasteiger partial charge is 0.465 e. The van der Waals surface area contributed by atoms with Crippen molar-refractivity contribution in [3.05, 3.63) is 28.8 Å². The average molecular weight is 245 g/mol. The lowest BCUT2D eigenvalue weighted by Crippen LogP contribution is -2.19. The van der Waals surface area contributed by atoms with Crippen LogP contribution in [0, 0.1) is 0 Å². The Balaban J connectivity index is 3.05. The maximum atomic E-state index is 11.2. The highest BCUT2D eigenvalue weighted by molar-refractivity contribution is 7.80. The molecule has 1 aromatic carbocycles. The van der Waals surface area contributed by atoms with Crippen molar-refractivity contribution < 1.29 is 9.53 Å². The van der Waals surface area contributed by atoms with Gasteiger partial charge in [-0.05, 0) is 30.4 Å². The number of carbonyl (C=O) groups excluding carboxylic acids is 1. The fourth-order valence-electron chi connectivity index (χ4n) is 0.999. The van der Waals surface area contributed by atoms with Crippen LogP contribution in [0.2, 0.25) is 5.02 Å². The van der Waals surface area contributed by atoms with Crippen molar-refractivity contribution >= 4 is 40.6 Å². The molecule has 0 aliphatic heterocycles. The smallest absolute Gasteiger partial charge is 0.337 e. The molecule has 80 valence electrons. The number of hydrogen-bond donors (Lipinski definition) is 2. The van der Waals surface area contributed by atoms with Crippen LogP contribution >= 0.6 is 23.8 Å². The quantitative estimate of drug-likeness (QED) is 0.613. The van der Waals surface area contributed by atoms with E-state index in [0.29, 0.717) is 16.3 Å². The molecule has 0 aliphatic rings. The zero-order valence-corrected chi connectivity index (χ0v) is 9.48. The van der Waals surface area contributed by atoms with Gasteiger partial charge < -0.3 is 15.8 Å². The number of rotatable bonds is 2. The van der Waals surface area contributed by atoms with Crippen LogP contribution in [0.15, 0.2) is 18.2 Å². The Bertz CT molecular complexity index is 409. The van der Waals surface area contributed by atoms with Crippen molar-refractivity contribution in [1.82, 2.24) is 0 Å². The van der Waals surface area contributed by atoms with Gasteiger partial charge in [-0.2, -0.15) is 0 Å². The van der Waals surface area contributed by atoms with Crippen LogP contribution in [0.3, 0.4) is 0 Å². The minimum Gasteiger partial charge on any atom is -0.465 e. The minimum absolute atomic E-state index is 0.0823. The SMILES string of the molecule is COC(=O)c1ccc(Cl)c(NC(N)=S)c1. The molecule has 6 heteroatoms. The summed E-state index contributed by atoms with van der Waals surface area (Å²) in [5.41, 5.74) is 6.15. The van der Waals surface area contributed by atoms with Gasteiger partial charge in [0.1, 0.15) is 0 Å². The molecule has 0 aromatic heterocycles. The Morgan fingerprint density at radius 2 is 2.27 bits per heavy atom. The number of ether oxygens (including phenoxy) is 1. The molecule has 0 aliphatic carbocycles. The number of nitrogens with one attached hydrogen (secondary N) is 1. The van der Waals surface area contributed by atoms with E-state index in [1.54, 1.807) is 12.1 Å². The number of carbonyl (C=O) groups is 1. The molecule has 15 heavy (non-hydrogen) atoms. The number of anilines is 1. The van der Waals surface area contributed by atoms with Crippen molar-refractivity contribution in [2.45, 2.75) is 0 Å². The highest BCUT2D eigenvalue weighted by Crippen LogP contribution is 2.23. The van der Waals surface area contributed by atoms with Gasteiger partial charge in [-0.25, -0.2) is 4.79 Å². The minimum atomic E-state index is -0.447. The predicted molar refractivity (Wildman–Crippen MR) is 63.2 cm³/mol. The Kier molecular flexibility index (Phi) is 3.88. The molecule has 0 radical (unpaired) electrons. The Morgan fingerprint density at radius 1 is 1.60 bits per heavy atom. The van der Waals surface area contributed by atoms with Crippen LogP contribution in [0.5, 0.6) is 0 Å². The van der Waals surface area contributed by atoms with E-state index >= 15 is 0 Å². The summed E-state index contributed by atoms with van der Waals surface area (Å²) in [7, 11) is 1.30. The molecular weight excluding hydrogens is 236 g/mol. The first-order valence-corrected chi connectivity index (χ1v) is 4.77. The molecule has 3 N–H and O–H groups in total. The number of halogens is 1. The van der Waals surface area contributed by atoms with Crippen LogP contribution in [-0.2, 0) is 4.74 Å². The van der Waals surface area contributed by atoms with Crippen molar-refractivity contribution in [2.75, 3.05) is 12.4 Å². The van der Waals surface area contributed by atoms with Crippen molar-refractivity contribution in [2.24, 2.45) is 5.73 Å². The van der Waals surface area contributed by atoms with E-state index in [1.807, 2.05) is 0 Å². The van der Waals surface area contributed by atoms with Crippen molar-refractivity contribution in [1.29, 1.82) is 0 Å². The second-order valence-electron chi connectivity index (χ2n) is 2.68. The second-order valence-corrected chi connectivity index (χ2v) is 3.52. The molecule has 0 unspecified atom stereocenters. The van der Waals surface area contributed by atoms with E-state index in [0.717, 1.165) is 0 Å². The van der Waals surface area contributed by atoms with Crippen LogP contribution < -0.4 is 11.1 Å². The molecule has 1 rings (SSSR count). The molecule has 0 bridgehead atoms. The van der Waals surface area contributed by atoms with E-state index in [1.165, 1.54) is 13.2 Å². The van der Waals surface area contributed by atoms with Crippen molar-refractivity contribution in [3.63, 3.8) is 0 Å². The van der Waals surface area contributed by atoms with Gasteiger partial charge in [-0.1, -0.05) is 11.6 Å². The van der Waals surface area contributed by atoms with Gasteiger partial charge >= 0.3 is 5.97 Å². The van der Waals surface area contributed by atoms with Crippen LogP contribution in [0.4, 0.5) is 5.69 Å². The molecule has 4 nitrogen and oxygen atoms in total. The van der Waals surface area contributed by atoms with E-state index in [9.17, 15) is 4.79 Å². The van der Waals surface area contributed by atoms with Gasteiger partial charge in [0, 0.05) is 0 Å². The lowest BCUT2D eigenvalue weighted by molar-refractivity contribution is 0.0601. The summed E-state index contributed by atoms with van der Waals surface area (Å²) in [5, 5.41) is 3.17. The first-order chi connectivity index (χ1) is 7.04. The molecule has 0 saturated carbocycles. The molecule has 0 amide bonds. The molecule has 0 fully saturated rings. The Hall–Kier alpha value is -1.33. The monoisotopic (exact) mass is 244 g/mol. The molecule has 0 spiro atoms. The summed E-state index contributed by atoms with van der Waals surface area (Å²) in [6.07, 6.45) is 0. The van der Waals surface area contributed by atoms with Gasteiger partial charge in [-0.15, -0.1) is 0 Å². The third-order valence-electron chi connectivity index (χ3n) is 1.65. The number of thiocarbonyl (C=S) groups is 1. The Labute approximate surface area is 97.4 Å². The third-order valence-corrected chi connectivity index (χ3v) is 2.08. The summed E-state index contributed by atoms with van der Waals surface area (Å²) in [4.78, 5) is 11.2. The van der Waals surface area contributed by atoms with Gasteiger partial charge in [0.2, 0.25) is 0 Å². The topological polar surface area (TPSA) is 64.3 Å². The maximum absolute atomic E-state index is 11.2. The lowest BCUT2D eigenvalue weighted by atomic mass is 10.2. The maximum Gasteiger partial charge on any atom is 0.337 e. The van der Waals surface area contributed by atoms with Gasteiger partial charge in [0.25, 0.3) is 0 Å². The van der Waals surface area contributed by atoms with E-state index in [4.69, 9.17) is 17.3 Å². The first-order valence-electron chi connectivity index (χ1n) is 3.99. The second kappa shape index (κ2) is 4.95. The molecule has 0 atom stereocenters. The van der Waals surface area contributed by atoms with Gasteiger partial charge in [0.05, 0.1) is 23.4 Å². The van der Waals surface area contributed by atoms with Gasteiger partial charge in [0.15, 0.2) is 5.11 Å². The average Bonchev–Trinajstić information content (AvgIpc) is 2.19. The number of methoxy groups -OCH3 is 1. The van der Waals surface area contributed by atoms with Gasteiger partial charge in [-0.3, -0.25) is 0 Å². The summed E-state index contributed by atoms with van der Waals surface area (Å²) < 4.78 is 4.56. The summed E-state index contributed by atoms with van der Waals surface area (Å²) in [6.45, 7) is 0. The first kappa shape index (κ1) is 11.7. The molecular formula is C9H9ClN2O2S. The fourth-order valence-corrected chi connectivity index (χ4v) is 1.27. The third kappa shape index (κ3) is 3.07. The highest BCUT2D eigenvalue weighted by Gasteiger charge is 2.08. The fraction of sp³-hybridized carbons (Fsp3) is 0.111. The van der Waals surface area contributed by atoms with E-state index < -0.39 is 5.97 Å². The zero-order chi connectivity index (χ0) is 11.4. The normalized spacial score (nSPS) is 9.47. The summed E-state index contributed by atoms with van der Waals surface area (Å²) in [5.74, 6) is -0.447. The highest BCUT2D eigenvalue weighted by atomic mass is 35.5. The lowest BCUT2D eigenvalue weighted by Gasteiger charge is -2.07. The van der Waals surface area contributed by atoms with E-state index in [2.05, 4.69) is 22.3 Å². The Morgan fingerprint density at radius 3 is 2.80 bits per heavy atom. The van der Waals surface area contributed by atoms with Crippen LogP contribution in [0.1, 0.15) is 10.4 Å². The van der Waals surface area contributed by atoms with E-state index in [-0.39, 0.29) is 5.11 Å². The van der Waals surface area contributed by atoms with Crippen molar-refractivity contribution in [3.8, 4) is 0 Å². The predicted octanol–water partition coefficient (Wildman–Crippen LogP) is 1.78. The standard InChI is InChI=1S/C9H9ClN2O2S/c1-14-8(13)5-2-3-6(10)7(4-5)12-9(11)15/h2-4H,1H3,(H3,11,12,15). The molecule has 1 aromatic rings. The number of benzene rings is 1. The summed E-state index contributed by atoms with van der Waals surface area (Å²) >= 11 is 10.5. The number of nitrogens with two attached hydrogens (primary N) is 1.